The van der Waals surface area contributed by atoms with E-state index in [2.05, 4.69) is 5.32 Å². The van der Waals surface area contributed by atoms with Crippen LogP contribution < -0.4 is 11.1 Å². The normalized spacial score (nSPS) is 11.8. The van der Waals surface area contributed by atoms with Gasteiger partial charge in [0.1, 0.15) is 5.69 Å². The summed E-state index contributed by atoms with van der Waals surface area (Å²) in [5.74, 6) is -0.120. The van der Waals surface area contributed by atoms with Gasteiger partial charge in [-0.25, -0.2) is 0 Å². The molecule has 1 aromatic rings. The molecule has 0 radical (unpaired) electrons. The topological polar surface area (TPSA) is 60.0 Å². The molecule has 0 spiro atoms. The van der Waals surface area contributed by atoms with Crippen LogP contribution in [0.25, 0.3) is 0 Å². The summed E-state index contributed by atoms with van der Waals surface area (Å²) in [5.41, 5.74) is 6.13. The van der Waals surface area contributed by atoms with Gasteiger partial charge in [-0.3, -0.25) is 4.79 Å². The third kappa shape index (κ3) is 4.43. The number of carbonyl (C=O) groups is 1. The number of aryl methyl sites for hydroxylation is 1. The summed E-state index contributed by atoms with van der Waals surface area (Å²) in [6.07, 6.45) is 2.46. The molecular formula is C10H17Cl2N3O. The van der Waals surface area contributed by atoms with E-state index in [9.17, 15) is 4.79 Å². The lowest BCUT2D eigenvalue weighted by Crippen LogP contribution is -2.29. The smallest absolute Gasteiger partial charge is 0.267 e. The summed E-state index contributed by atoms with van der Waals surface area (Å²) in [6, 6.07) is 1.74. The number of rotatable bonds is 4. The number of amides is 1. The van der Waals surface area contributed by atoms with E-state index in [1.54, 1.807) is 23.9 Å². The second-order valence-electron chi connectivity index (χ2n) is 3.68. The first-order chi connectivity index (χ1) is 7.00. The number of carbonyl (C=O) groups excluding carboxylic acids is 1. The predicted molar refractivity (Wildman–Crippen MR) is 68.3 cm³/mol. The molecule has 0 aliphatic rings. The van der Waals surface area contributed by atoms with Gasteiger partial charge in [0.2, 0.25) is 0 Å². The molecule has 0 aliphatic carbocycles. The van der Waals surface area contributed by atoms with E-state index in [-0.39, 0.29) is 24.4 Å². The first kappa shape index (κ1) is 15.3. The van der Waals surface area contributed by atoms with Crippen molar-refractivity contribution in [1.29, 1.82) is 0 Å². The fourth-order valence-electron chi connectivity index (χ4n) is 1.25. The molecule has 1 atom stereocenters. The average Bonchev–Trinajstić information content (AvgIpc) is 2.44. The Bertz CT molecular complexity index is 350. The Morgan fingerprint density at radius 1 is 1.69 bits per heavy atom. The maximum atomic E-state index is 11.6. The van der Waals surface area contributed by atoms with E-state index < -0.39 is 0 Å². The molecule has 1 unspecified atom stereocenters. The van der Waals surface area contributed by atoms with Crippen LogP contribution in [0.2, 0.25) is 5.02 Å². The Hall–Kier alpha value is -0.710. The van der Waals surface area contributed by atoms with Crippen LogP contribution in [0, 0.1) is 0 Å². The lowest BCUT2D eigenvalue weighted by atomic mass is 10.2. The van der Waals surface area contributed by atoms with Gasteiger partial charge in [0.25, 0.3) is 5.91 Å². The molecule has 1 heterocycles. The second-order valence-corrected chi connectivity index (χ2v) is 4.11. The summed E-state index contributed by atoms with van der Waals surface area (Å²) in [6.45, 7) is 2.49. The molecular weight excluding hydrogens is 249 g/mol. The molecule has 0 fully saturated rings. The van der Waals surface area contributed by atoms with Crippen molar-refractivity contribution in [2.24, 2.45) is 12.8 Å². The Kier molecular flexibility index (Phi) is 6.48. The summed E-state index contributed by atoms with van der Waals surface area (Å²) in [5, 5.41) is 3.35. The molecule has 6 heteroatoms. The number of nitrogens with zero attached hydrogens (tertiary/aromatic N) is 1. The maximum absolute atomic E-state index is 11.6. The Morgan fingerprint density at radius 3 is 2.75 bits per heavy atom. The number of nitrogens with one attached hydrogen (secondary N) is 1. The number of hydrogen-bond donors (Lipinski definition) is 2. The van der Waals surface area contributed by atoms with Gasteiger partial charge in [0, 0.05) is 25.8 Å². The van der Waals surface area contributed by atoms with Gasteiger partial charge < -0.3 is 15.6 Å². The van der Waals surface area contributed by atoms with Crippen LogP contribution in [-0.4, -0.2) is 23.1 Å². The minimum absolute atomic E-state index is 0. The zero-order chi connectivity index (χ0) is 11.4. The van der Waals surface area contributed by atoms with Gasteiger partial charge in [-0.05, 0) is 19.4 Å². The Balaban J connectivity index is 0.00000225. The fraction of sp³-hybridized carbons (Fsp3) is 0.500. The highest BCUT2D eigenvalue weighted by Crippen LogP contribution is 2.12. The van der Waals surface area contributed by atoms with Gasteiger partial charge in [-0.1, -0.05) is 11.6 Å². The SMILES string of the molecule is CC(N)CCNC(=O)c1cc(Cl)cn1C.Cl. The van der Waals surface area contributed by atoms with Crippen molar-refractivity contribution >= 4 is 29.9 Å². The summed E-state index contributed by atoms with van der Waals surface area (Å²) in [4.78, 5) is 11.6. The van der Waals surface area contributed by atoms with Gasteiger partial charge in [0.05, 0.1) is 5.02 Å². The number of nitrogens with two attached hydrogens (primary N) is 1. The highest BCUT2D eigenvalue weighted by atomic mass is 35.5. The zero-order valence-electron chi connectivity index (χ0n) is 9.37. The van der Waals surface area contributed by atoms with E-state index in [1.807, 2.05) is 6.92 Å². The number of aromatic nitrogens is 1. The lowest BCUT2D eigenvalue weighted by Gasteiger charge is -2.07. The standard InChI is InChI=1S/C10H16ClN3O.ClH/c1-7(12)3-4-13-10(15)9-5-8(11)6-14(9)2;/h5-7H,3-4,12H2,1-2H3,(H,13,15);1H. The molecule has 0 bridgehead atoms. The Labute approximate surface area is 107 Å². The van der Waals surface area contributed by atoms with Crippen molar-refractivity contribution in [2.75, 3.05) is 6.54 Å². The summed E-state index contributed by atoms with van der Waals surface area (Å²) >= 11 is 5.77. The fourth-order valence-corrected chi connectivity index (χ4v) is 1.50. The monoisotopic (exact) mass is 265 g/mol. The summed E-state index contributed by atoms with van der Waals surface area (Å²) in [7, 11) is 1.78. The summed E-state index contributed by atoms with van der Waals surface area (Å²) < 4.78 is 1.70. The van der Waals surface area contributed by atoms with Gasteiger partial charge >= 0.3 is 0 Å². The van der Waals surface area contributed by atoms with Crippen molar-refractivity contribution < 1.29 is 4.79 Å². The average molecular weight is 266 g/mol. The van der Waals surface area contributed by atoms with E-state index >= 15 is 0 Å². The van der Waals surface area contributed by atoms with Crippen LogP contribution in [0.4, 0.5) is 0 Å². The van der Waals surface area contributed by atoms with E-state index in [1.165, 1.54) is 0 Å². The number of hydrogen-bond acceptors (Lipinski definition) is 2. The molecule has 3 N–H and O–H groups in total. The van der Waals surface area contributed by atoms with Crippen molar-refractivity contribution in [3.63, 3.8) is 0 Å². The lowest BCUT2D eigenvalue weighted by molar-refractivity contribution is 0.0944. The van der Waals surface area contributed by atoms with E-state index in [0.717, 1.165) is 6.42 Å². The molecule has 0 aromatic carbocycles. The van der Waals surface area contributed by atoms with Crippen LogP contribution in [-0.2, 0) is 7.05 Å². The van der Waals surface area contributed by atoms with Crippen LogP contribution in [0.1, 0.15) is 23.8 Å². The van der Waals surface area contributed by atoms with Gasteiger partial charge in [-0.15, -0.1) is 12.4 Å². The van der Waals surface area contributed by atoms with Crippen molar-refractivity contribution in [3.8, 4) is 0 Å². The third-order valence-corrected chi connectivity index (χ3v) is 2.30. The zero-order valence-corrected chi connectivity index (χ0v) is 10.9. The highest BCUT2D eigenvalue weighted by Gasteiger charge is 2.10. The Morgan fingerprint density at radius 2 is 2.31 bits per heavy atom. The van der Waals surface area contributed by atoms with E-state index in [0.29, 0.717) is 17.3 Å². The third-order valence-electron chi connectivity index (χ3n) is 2.09. The molecule has 0 saturated heterocycles. The van der Waals surface area contributed by atoms with Gasteiger partial charge in [-0.2, -0.15) is 0 Å². The minimum atomic E-state index is -0.120. The molecule has 1 amide bonds. The molecule has 1 aromatic heterocycles. The van der Waals surface area contributed by atoms with Crippen molar-refractivity contribution in [2.45, 2.75) is 19.4 Å². The molecule has 92 valence electrons. The van der Waals surface area contributed by atoms with Crippen molar-refractivity contribution in [3.05, 3.63) is 23.0 Å². The van der Waals surface area contributed by atoms with E-state index in [4.69, 9.17) is 17.3 Å². The van der Waals surface area contributed by atoms with Crippen LogP contribution in [0.15, 0.2) is 12.3 Å². The molecule has 1 rings (SSSR count). The molecule has 0 aliphatic heterocycles. The van der Waals surface area contributed by atoms with Crippen LogP contribution in [0.5, 0.6) is 0 Å². The van der Waals surface area contributed by atoms with Crippen molar-refractivity contribution in [1.82, 2.24) is 9.88 Å². The second kappa shape index (κ2) is 6.78. The predicted octanol–water partition coefficient (Wildman–Crippen LogP) is 1.57. The molecule has 4 nitrogen and oxygen atoms in total. The van der Waals surface area contributed by atoms with Gasteiger partial charge in [0.15, 0.2) is 0 Å². The molecule has 0 saturated carbocycles. The first-order valence-electron chi connectivity index (χ1n) is 4.86. The van der Waals surface area contributed by atoms with Crippen LogP contribution in [0.3, 0.4) is 0 Å². The molecule has 16 heavy (non-hydrogen) atoms. The van der Waals surface area contributed by atoms with Crippen LogP contribution >= 0.6 is 24.0 Å². The number of halogens is 2. The largest absolute Gasteiger partial charge is 0.351 e. The highest BCUT2D eigenvalue weighted by molar-refractivity contribution is 6.31. The minimum Gasteiger partial charge on any atom is -0.351 e. The first-order valence-corrected chi connectivity index (χ1v) is 5.24. The quantitative estimate of drug-likeness (QED) is 0.869. The maximum Gasteiger partial charge on any atom is 0.267 e.